The van der Waals surface area contributed by atoms with Crippen LogP contribution in [-0.4, -0.2) is 60.0 Å². The van der Waals surface area contributed by atoms with Crippen molar-refractivity contribution in [2.75, 3.05) is 5.32 Å². The first-order chi connectivity index (χ1) is 21.4. The number of amides is 2. The fraction of sp³-hybridized carbons (Fsp3) is 0.296. The Hall–Kier alpha value is -5.05. The summed E-state index contributed by atoms with van der Waals surface area (Å²) in [5, 5.41) is 24.8. The number of carbonyl (C=O) groups excluding carboxylic acids is 2. The minimum atomic E-state index is -6.40. The van der Waals surface area contributed by atoms with E-state index in [2.05, 4.69) is 31.0 Å². The summed E-state index contributed by atoms with van der Waals surface area (Å²) in [5.74, 6) is -1.59. The first-order valence-electron chi connectivity index (χ1n) is 13.0. The number of alkyl halides is 7. The highest BCUT2D eigenvalue weighted by Gasteiger charge is 2.75. The van der Waals surface area contributed by atoms with E-state index >= 15 is 0 Å². The van der Waals surface area contributed by atoms with Gasteiger partial charge in [0.15, 0.2) is 5.82 Å². The van der Waals surface area contributed by atoms with Gasteiger partial charge >= 0.3 is 18.0 Å². The van der Waals surface area contributed by atoms with Crippen LogP contribution >= 0.6 is 11.6 Å². The van der Waals surface area contributed by atoms with Crippen LogP contribution in [0.4, 0.5) is 36.4 Å². The number of halogens is 8. The fourth-order valence-corrected chi connectivity index (χ4v) is 4.43. The molecule has 4 aromatic rings. The highest BCUT2D eigenvalue weighted by molar-refractivity contribution is 6.32. The Bertz CT molecular complexity index is 1830. The number of benzene rings is 1. The third-order valence-corrected chi connectivity index (χ3v) is 6.59. The molecule has 2 amide bonds. The zero-order valence-electron chi connectivity index (χ0n) is 23.8. The summed E-state index contributed by atoms with van der Waals surface area (Å²) < 4.78 is 95.0. The summed E-state index contributed by atoms with van der Waals surface area (Å²) >= 11 is 6.26. The molecule has 2 N–H and O–H groups in total. The monoisotopic (exact) mass is 671 g/mol. The van der Waals surface area contributed by atoms with Gasteiger partial charge in [-0.15, -0.1) is 5.10 Å². The molecule has 0 aliphatic heterocycles. The molecule has 1 aromatic carbocycles. The van der Waals surface area contributed by atoms with E-state index in [0.29, 0.717) is 10.2 Å². The average molecular weight is 672 g/mol. The highest BCUT2D eigenvalue weighted by Crippen LogP contribution is 2.52. The van der Waals surface area contributed by atoms with Crippen LogP contribution in [0.3, 0.4) is 0 Å². The van der Waals surface area contributed by atoms with Crippen LogP contribution in [0, 0.1) is 18.3 Å². The van der Waals surface area contributed by atoms with E-state index in [9.17, 15) is 45.6 Å². The number of nitrogens with zero attached hydrogens (tertiary/aromatic N) is 7. The molecule has 11 nitrogen and oxygen atoms in total. The van der Waals surface area contributed by atoms with Crippen molar-refractivity contribution in [3.63, 3.8) is 0 Å². The van der Waals surface area contributed by atoms with Crippen LogP contribution in [0.1, 0.15) is 57.2 Å². The van der Waals surface area contributed by atoms with Crippen LogP contribution < -0.4 is 10.6 Å². The number of hydrogen-bond donors (Lipinski definition) is 2. The number of carbonyl (C=O) groups is 2. The Morgan fingerprint density at radius 1 is 1.07 bits per heavy atom. The summed E-state index contributed by atoms with van der Waals surface area (Å²) in [6, 6.07) is 8.30. The Morgan fingerprint density at radius 2 is 1.74 bits per heavy atom. The molecule has 4 rings (SSSR count). The molecule has 0 unspecified atom stereocenters. The molecule has 0 spiro atoms. The van der Waals surface area contributed by atoms with E-state index in [1.807, 2.05) is 6.07 Å². The van der Waals surface area contributed by atoms with E-state index < -0.39 is 42.1 Å². The predicted molar refractivity (Wildman–Crippen MR) is 147 cm³/mol. The number of aromatic nitrogens is 6. The number of nitriles is 1. The molecule has 0 bridgehead atoms. The van der Waals surface area contributed by atoms with Crippen molar-refractivity contribution in [1.82, 2.24) is 35.1 Å². The number of rotatable bonds is 8. The van der Waals surface area contributed by atoms with Crippen LogP contribution in [0.5, 0.6) is 0 Å². The van der Waals surface area contributed by atoms with Gasteiger partial charge in [-0.2, -0.15) is 36.7 Å². The number of anilines is 1. The molecule has 0 atom stereocenters. The van der Waals surface area contributed by atoms with Gasteiger partial charge in [0, 0.05) is 12.2 Å². The maximum Gasteiger partial charge on any atom is 0.437 e. The second-order valence-electron chi connectivity index (χ2n) is 10.1. The van der Waals surface area contributed by atoms with Crippen molar-refractivity contribution in [2.24, 2.45) is 0 Å². The van der Waals surface area contributed by atoms with Crippen molar-refractivity contribution in [2.45, 2.75) is 51.4 Å². The molecule has 0 fully saturated rings. The molecule has 19 heteroatoms. The van der Waals surface area contributed by atoms with Crippen molar-refractivity contribution in [1.29, 1.82) is 5.26 Å². The van der Waals surface area contributed by atoms with E-state index in [-0.39, 0.29) is 51.3 Å². The first kappa shape index (κ1) is 33.8. The summed E-state index contributed by atoms with van der Waals surface area (Å²) in [4.78, 5) is 30.7. The zero-order chi connectivity index (χ0) is 34.2. The number of nitrogens with one attached hydrogen (secondary N) is 2. The molecule has 46 heavy (non-hydrogen) atoms. The Labute approximate surface area is 260 Å². The molecule has 0 saturated carbocycles. The standard InChI is InChI=1S/C27H21ClF7N9O2/c1-13(2)38-23(45)17-8-15(10-36)7-14(3)21(17)39-24(46)19-9-16(41-44(19)22-18(28)5-4-6-37-22)11-43-12-20(40-42-43)25(29,26(30,31)32)27(33,34)35/h4-9,12-13H,11H2,1-3H3,(H,38,45)(H,39,46). The summed E-state index contributed by atoms with van der Waals surface area (Å²) in [5.41, 5.74) is -7.85. The lowest BCUT2D eigenvalue weighted by Gasteiger charge is -2.27. The third-order valence-electron chi connectivity index (χ3n) is 6.30. The minimum absolute atomic E-state index is 0.00152. The Kier molecular flexibility index (Phi) is 9.11. The minimum Gasteiger partial charge on any atom is -0.350 e. The van der Waals surface area contributed by atoms with Gasteiger partial charge in [-0.05, 0) is 56.7 Å². The largest absolute Gasteiger partial charge is 0.437 e. The molecular formula is C27H21ClF7N9O2. The van der Waals surface area contributed by atoms with Gasteiger partial charge in [-0.3, -0.25) is 9.59 Å². The highest BCUT2D eigenvalue weighted by atomic mass is 35.5. The zero-order valence-corrected chi connectivity index (χ0v) is 24.6. The first-order valence-corrected chi connectivity index (χ1v) is 13.3. The summed E-state index contributed by atoms with van der Waals surface area (Å²) in [6.45, 7) is 4.27. The molecule has 0 saturated heterocycles. The number of hydrogen-bond acceptors (Lipinski definition) is 7. The van der Waals surface area contributed by atoms with Crippen molar-refractivity contribution < 1.29 is 40.3 Å². The van der Waals surface area contributed by atoms with Crippen LogP contribution in [-0.2, 0) is 12.2 Å². The molecular weight excluding hydrogens is 651 g/mol. The number of aryl methyl sites for hydroxylation is 1. The van der Waals surface area contributed by atoms with E-state index in [1.54, 1.807) is 13.8 Å². The van der Waals surface area contributed by atoms with Gasteiger partial charge in [0.25, 0.3) is 11.8 Å². The quantitative estimate of drug-likeness (QED) is 0.238. The molecule has 0 aliphatic rings. The Morgan fingerprint density at radius 3 is 2.33 bits per heavy atom. The fourth-order valence-electron chi connectivity index (χ4n) is 4.23. The molecule has 3 heterocycles. The van der Waals surface area contributed by atoms with Gasteiger partial charge in [0.2, 0.25) is 0 Å². The van der Waals surface area contributed by atoms with E-state index in [0.717, 1.165) is 10.7 Å². The lowest BCUT2D eigenvalue weighted by atomic mass is 10.0. The third kappa shape index (κ3) is 6.49. The predicted octanol–water partition coefficient (Wildman–Crippen LogP) is 5.42. The summed E-state index contributed by atoms with van der Waals surface area (Å²) in [7, 11) is 0. The second kappa shape index (κ2) is 12.4. The Balaban J connectivity index is 1.77. The summed E-state index contributed by atoms with van der Waals surface area (Å²) in [6.07, 6.45) is -11.4. The van der Waals surface area contributed by atoms with E-state index in [1.165, 1.54) is 37.4 Å². The van der Waals surface area contributed by atoms with Crippen LogP contribution in [0.2, 0.25) is 5.02 Å². The molecule has 0 radical (unpaired) electrons. The van der Waals surface area contributed by atoms with Crippen molar-refractivity contribution in [3.05, 3.63) is 81.5 Å². The van der Waals surface area contributed by atoms with Gasteiger partial charge in [0.05, 0.1) is 46.3 Å². The van der Waals surface area contributed by atoms with Crippen LogP contribution in [0.15, 0.2) is 42.7 Å². The van der Waals surface area contributed by atoms with E-state index in [4.69, 9.17) is 11.6 Å². The second-order valence-corrected chi connectivity index (χ2v) is 10.5. The van der Waals surface area contributed by atoms with Crippen LogP contribution in [0.25, 0.3) is 5.82 Å². The van der Waals surface area contributed by atoms with Gasteiger partial charge in [-0.25, -0.2) is 18.7 Å². The van der Waals surface area contributed by atoms with Gasteiger partial charge < -0.3 is 10.6 Å². The maximum absolute atomic E-state index is 14.5. The van der Waals surface area contributed by atoms with Crippen molar-refractivity contribution >= 4 is 29.1 Å². The van der Waals surface area contributed by atoms with Gasteiger partial charge in [0.1, 0.15) is 11.4 Å². The molecule has 242 valence electrons. The average Bonchev–Trinajstić information content (AvgIpc) is 3.59. The van der Waals surface area contributed by atoms with Crippen molar-refractivity contribution in [3.8, 4) is 11.9 Å². The lowest BCUT2D eigenvalue weighted by molar-refractivity contribution is -0.350. The normalized spacial score (nSPS) is 12.2. The van der Waals surface area contributed by atoms with Gasteiger partial charge in [-0.1, -0.05) is 16.8 Å². The maximum atomic E-state index is 14.5. The lowest BCUT2D eigenvalue weighted by Crippen LogP contribution is -2.50. The molecule has 3 aromatic heterocycles. The molecule has 0 aliphatic carbocycles. The topological polar surface area (TPSA) is 143 Å². The smallest absolute Gasteiger partial charge is 0.350 e. The SMILES string of the molecule is Cc1cc(C#N)cc(C(=O)NC(C)C)c1NC(=O)c1cc(Cn2cc(C(F)(C(F)(F)F)C(F)(F)F)nn2)nn1-c1ncccc1Cl. The number of pyridine rings is 1.